The quantitative estimate of drug-likeness (QED) is 0.261. The number of hydrogen-bond donors (Lipinski definition) is 5. The third-order valence-corrected chi connectivity index (χ3v) is 9.36. The molecule has 1 fully saturated rings. The molecule has 0 spiro atoms. The number of benzene rings is 1. The first-order chi connectivity index (χ1) is 20.7. The lowest BCUT2D eigenvalue weighted by molar-refractivity contribution is -0.153. The predicted molar refractivity (Wildman–Crippen MR) is 161 cm³/mol. The van der Waals surface area contributed by atoms with Crippen molar-refractivity contribution < 1.29 is 39.2 Å². The summed E-state index contributed by atoms with van der Waals surface area (Å²) < 4.78 is 6.21. The molecule has 5 rings (SSSR count). The maximum atomic E-state index is 14.0. The first kappa shape index (κ1) is 31.5. The molecule has 6 N–H and O–H groups in total. The van der Waals surface area contributed by atoms with Gasteiger partial charge in [-0.2, -0.15) is 0 Å². The molecule has 1 amide bonds. The van der Waals surface area contributed by atoms with Crippen LogP contribution in [0.4, 0.5) is 0 Å². The Morgan fingerprint density at radius 3 is 2.36 bits per heavy atom. The van der Waals surface area contributed by atoms with Gasteiger partial charge in [0.05, 0.1) is 18.2 Å². The summed E-state index contributed by atoms with van der Waals surface area (Å²) in [5, 5.41) is 45.1. The van der Waals surface area contributed by atoms with Crippen molar-refractivity contribution in [3.05, 3.63) is 58.1 Å². The van der Waals surface area contributed by atoms with E-state index >= 15 is 0 Å². The normalized spacial score (nSPS) is 25.2. The number of fused-ring (bicyclic) bond motifs is 3. The number of carbonyl (C=O) groups excluding carboxylic acids is 3. The van der Waals surface area contributed by atoms with Gasteiger partial charge in [-0.15, -0.1) is 0 Å². The summed E-state index contributed by atoms with van der Waals surface area (Å²) in [5.74, 6) is -5.57. The van der Waals surface area contributed by atoms with Gasteiger partial charge in [-0.1, -0.05) is 6.92 Å². The second kappa shape index (κ2) is 11.5. The average molecular weight is 609 g/mol. The minimum Gasteiger partial charge on any atom is -0.508 e. The van der Waals surface area contributed by atoms with Crippen LogP contribution in [0, 0.1) is 11.8 Å². The Balaban J connectivity index is 1.55. The van der Waals surface area contributed by atoms with Gasteiger partial charge in [0.2, 0.25) is 5.78 Å². The van der Waals surface area contributed by atoms with Crippen LogP contribution in [0.2, 0.25) is 0 Å². The van der Waals surface area contributed by atoms with Gasteiger partial charge in [-0.25, -0.2) is 0 Å². The van der Waals surface area contributed by atoms with Crippen LogP contribution in [0.1, 0.15) is 30.2 Å². The summed E-state index contributed by atoms with van der Waals surface area (Å²) in [4.78, 5) is 45.3. The fraction of sp³-hybridized carbons (Fsp3) is 0.469. The highest BCUT2D eigenvalue weighted by Gasteiger charge is 2.64. The fourth-order valence-corrected chi connectivity index (χ4v) is 6.93. The van der Waals surface area contributed by atoms with Crippen LogP contribution < -0.4 is 5.73 Å². The monoisotopic (exact) mass is 608 g/mol. The Morgan fingerprint density at radius 1 is 1.05 bits per heavy atom. The number of furan rings is 1. The second-order valence-electron chi connectivity index (χ2n) is 12.3. The number of phenols is 1. The van der Waals surface area contributed by atoms with E-state index in [9.17, 15) is 34.8 Å². The maximum absolute atomic E-state index is 14.0. The van der Waals surface area contributed by atoms with Crippen molar-refractivity contribution in [2.75, 3.05) is 47.8 Å². The summed E-state index contributed by atoms with van der Waals surface area (Å²) in [6.07, 6.45) is 0.193. The van der Waals surface area contributed by atoms with Crippen LogP contribution in [0.25, 0.3) is 17.1 Å². The molecule has 0 bridgehead atoms. The largest absolute Gasteiger partial charge is 0.508 e. The third-order valence-electron chi connectivity index (χ3n) is 9.36. The van der Waals surface area contributed by atoms with Crippen molar-refractivity contribution >= 4 is 23.2 Å². The zero-order valence-electron chi connectivity index (χ0n) is 25.6. The van der Waals surface area contributed by atoms with Crippen molar-refractivity contribution in [3.63, 3.8) is 0 Å². The average Bonchev–Trinajstić information content (AvgIpc) is 3.41. The molecule has 0 unspecified atom stereocenters. The van der Waals surface area contributed by atoms with Gasteiger partial charge < -0.3 is 35.5 Å². The number of aliphatic hydroxyl groups is 3. The number of rotatable bonds is 9. The Morgan fingerprint density at radius 2 is 1.73 bits per heavy atom. The molecule has 12 nitrogen and oxygen atoms in total. The SMILES string of the molecule is CCN(C)CCN(C)Cc1ccc(-c2ccc(O)c3c2C[C@H]2C[C@H]4[C@@H](N(C)C)C(=O)C(C(N)=O)=C(O)[C@@]4(O)C(=O)C2=C3O)o1. The van der Waals surface area contributed by atoms with Gasteiger partial charge in [-0.05, 0) is 83.3 Å². The van der Waals surface area contributed by atoms with E-state index in [-0.39, 0.29) is 29.7 Å². The van der Waals surface area contributed by atoms with E-state index in [0.717, 1.165) is 25.4 Å². The number of primary amides is 1. The van der Waals surface area contributed by atoms with E-state index in [1.54, 1.807) is 20.2 Å². The zero-order valence-corrected chi connectivity index (χ0v) is 25.6. The first-order valence-electron chi connectivity index (χ1n) is 14.7. The van der Waals surface area contributed by atoms with Crippen molar-refractivity contribution in [2.24, 2.45) is 17.6 Å². The number of phenolic OH excluding ortho intramolecular Hbond substituents is 1. The molecular weight excluding hydrogens is 568 g/mol. The molecule has 236 valence electrons. The number of carbonyl (C=O) groups is 3. The Bertz CT molecular complexity index is 1590. The molecule has 3 aliphatic carbocycles. The number of ketones is 2. The number of amides is 1. The first-order valence-corrected chi connectivity index (χ1v) is 14.7. The summed E-state index contributed by atoms with van der Waals surface area (Å²) in [6.45, 7) is 5.40. The molecule has 0 aliphatic heterocycles. The van der Waals surface area contributed by atoms with E-state index in [1.807, 2.05) is 19.2 Å². The van der Waals surface area contributed by atoms with Crippen LogP contribution in [-0.4, -0.2) is 112 Å². The topological polar surface area (TPSA) is 181 Å². The van der Waals surface area contributed by atoms with Gasteiger partial charge in [-0.3, -0.25) is 24.2 Å². The van der Waals surface area contributed by atoms with Gasteiger partial charge in [0.25, 0.3) is 5.91 Å². The smallest absolute Gasteiger partial charge is 0.255 e. The second-order valence-corrected chi connectivity index (χ2v) is 12.3. The molecule has 4 atom stereocenters. The van der Waals surface area contributed by atoms with Crippen molar-refractivity contribution in [3.8, 4) is 17.1 Å². The molecule has 12 heteroatoms. The predicted octanol–water partition coefficient (Wildman–Crippen LogP) is 1.61. The van der Waals surface area contributed by atoms with E-state index < -0.39 is 58.0 Å². The van der Waals surface area contributed by atoms with E-state index in [4.69, 9.17) is 10.2 Å². The van der Waals surface area contributed by atoms with Crippen LogP contribution in [0.5, 0.6) is 5.75 Å². The molecule has 1 heterocycles. The lowest BCUT2D eigenvalue weighted by Gasteiger charge is -2.50. The molecule has 1 aromatic carbocycles. The third kappa shape index (κ3) is 4.91. The van der Waals surface area contributed by atoms with Gasteiger partial charge >= 0.3 is 0 Å². The van der Waals surface area contributed by atoms with Gasteiger partial charge in [0.1, 0.15) is 34.4 Å². The number of likely N-dealkylation sites (N-methyl/N-ethyl adjacent to an activating group) is 3. The van der Waals surface area contributed by atoms with Crippen LogP contribution in [-0.2, 0) is 27.3 Å². The summed E-state index contributed by atoms with van der Waals surface area (Å²) in [7, 11) is 7.21. The minimum absolute atomic E-state index is 0.0151. The number of nitrogens with zero attached hydrogens (tertiary/aromatic N) is 3. The molecular formula is C32H40N4O8. The number of aromatic hydroxyl groups is 1. The molecule has 0 saturated heterocycles. The molecule has 1 saturated carbocycles. The van der Waals surface area contributed by atoms with Gasteiger partial charge in [0, 0.05) is 30.1 Å². The molecule has 44 heavy (non-hydrogen) atoms. The number of hydrogen-bond acceptors (Lipinski definition) is 11. The Kier molecular flexibility index (Phi) is 8.23. The molecule has 0 radical (unpaired) electrons. The number of nitrogens with two attached hydrogens (primary N) is 1. The lowest BCUT2D eigenvalue weighted by atomic mass is 9.57. The molecule has 1 aromatic heterocycles. The number of aliphatic hydroxyl groups excluding tert-OH is 2. The standard InChI is InChI=1S/C32H40N4O8/c1-6-35(4)11-12-36(5)15-17-7-10-22(44-17)18-8-9-21(37)24-19(18)13-16-14-20-26(34(2)3)28(39)25(31(33)42)30(41)32(20,43)29(40)23(16)27(24)38/h7-10,16,20,26,37-38,41,43H,6,11-15H2,1-5H3,(H2,33,42)/t16-,20-,26+,32-/m0/s1. The van der Waals surface area contributed by atoms with E-state index in [2.05, 4.69) is 23.8 Å². The van der Waals surface area contributed by atoms with Crippen LogP contribution in [0.15, 0.2) is 45.6 Å². The van der Waals surface area contributed by atoms with Gasteiger partial charge in [0.15, 0.2) is 11.4 Å². The van der Waals surface area contributed by atoms with E-state index in [1.165, 1.54) is 11.0 Å². The lowest BCUT2D eigenvalue weighted by Crippen LogP contribution is -2.65. The van der Waals surface area contributed by atoms with E-state index in [0.29, 0.717) is 23.4 Å². The van der Waals surface area contributed by atoms with Crippen molar-refractivity contribution in [1.82, 2.24) is 14.7 Å². The zero-order chi connectivity index (χ0) is 32.2. The minimum atomic E-state index is -2.67. The summed E-state index contributed by atoms with van der Waals surface area (Å²) in [5.41, 5.74) is 2.88. The van der Waals surface area contributed by atoms with Crippen molar-refractivity contribution in [1.29, 1.82) is 0 Å². The number of Topliss-reactive ketones (excluding diaryl/α,β-unsaturated/α-hetero) is 2. The highest BCUT2D eigenvalue weighted by molar-refractivity contribution is 6.24. The van der Waals surface area contributed by atoms with Crippen molar-refractivity contribution in [2.45, 2.75) is 38.0 Å². The Labute approximate surface area is 255 Å². The summed E-state index contributed by atoms with van der Waals surface area (Å²) >= 11 is 0. The molecule has 3 aliphatic rings. The maximum Gasteiger partial charge on any atom is 0.255 e. The highest BCUT2D eigenvalue weighted by atomic mass is 16.4. The fourth-order valence-electron chi connectivity index (χ4n) is 6.93. The highest BCUT2D eigenvalue weighted by Crippen LogP contribution is 2.53. The van der Waals surface area contributed by atoms with Crippen LogP contribution in [0.3, 0.4) is 0 Å². The Hall–Kier alpha value is -3.97. The van der Waals surface area contributed by atoms with Crippen LogP contribution >= 0.6 is 0 Å². The summed E-state index contributed by atoms with van der Waals surface area (Å²) in [6, 6.07) is 5.65. The molecule has 2 aromatic rings.